The molecule has 100 valence electrons. The number of benzene rings is 2. The zero-order chi connectivity index (χ0) is 13.9. The third kappa shape index (κ3) is 2.55. The SMILES string of the molecule is CNC(c1cccc(I)c1)c1cccc2cnccc12. The van der Waals surface area contributed by atoms with Crippen molar-refractivity contribution in [2.75, 3.05) is 7.05 Å². The Labute approximate surface area is 132 Å². The standard InChI is InChI=1S/C17H15IN2/c1-19-17(12-4-2-6-14(18)10-12)16-7-3-5-13-11-20-9-8-15(13)16/h2-11,17,19H,1H3. The summed E-state index contributed by atoms with van der Waals surface area (Å²) in [5.74, 6) is 0. The highest BCUT2D eigenvalue weighted by molar-refractivity contribution is 14.1. The lowest BCUT2D eigenvalue weighted by Crippen LogP contribution is -2.18. The van der Waals surface area contributed by atoms with Crippen LogP contribution in [0.15, 0.2) is 60.9 Å². The first-order valence-electron chi connectivity index (χ1n) is 6.55. The van der Waals surface area contributed by atoms with E-state index in [1.54, 1.807) is 0 Å². The Morgan fingerprint density at radius 2 is 1.95 bits per heavy atom. The topological polar surface area (TPSA) is 24.9 Å². The molecule has 1 aromatic heterocycles. The first-order valence-corrected chi connectivity index (χ1v) is 7.63. The molecular weight excluding hydrogens is 359 g/mol. The Bertz CT molecular complexity index is 734. The lowest BCUT2D eigenvalue weighted by atomic mass is 9.94. The molecule has 1 heterocycles. The predicted molar refractivity (Wildman–Crippen MR) is 91.8 cm³/mol. The van der Waals surface area contributed by atoms with Crippen molar-refractivity contribution in [2.24, 2.45) is 0 Å². The van der Waals surface area contributed by atoms with Gasteiger partial charge in [0.2, 0.25) is 0 Å². The minimum atomic E-state index is 0.191. The molecule has 0 radical (unpaired) electrons. The van der Waals surface area contributed by atoms with E-state index in [2.05, 4.69) is 81.4 Å². The summed E-state index contributed by atoms with van der Waals surface area (Å²) in [5, 5.41) is 5.86. The Kier molecular flexibility index (Phi) is 3.98. The van der Waals surface area contributed by atoms with Gasteiger partial charge in [-0.15, -0.1) is 0 Å². The molecule has 0 aliphatic rings. The molecule has 1 atom stereocenters. The fraction of sp³-hybridized carbons (Fsp3) is 0.118. The van der Waals surface area contributed by atoms with Crippen molar-refractivity contribution in [3.05, 3.63) is 75.6 Å². The lowest BCUT2D eigenvalue weighted by molar-refractivity contribution is 0.696. The summed E-state index contributed by atoms with van der Waals surface area (Å²) in [6.45, 7) is 0. The summed E-state index contributed by atoms with van der Waals surface area (Å²) in [4.78, 5) is 4.20. The molecule has 20 heavy (non-hydrogen) atoms. The van der Waals surface area contributed by atoms with Crippen LogP contribution in [0.4, 0.5) is 0 Å². The Balaban J connectivity index is 2.17. The molecule has 0 aliphatic heterocycles. The molecule has 1 unspecified atom stereocenters. The Hall–Kier alpha value is -1.46. The van der Waals surface area contributed by atoms with Gasteiger partial charge in [-0.3, -0.25) is 4.98 Å². The highest BCUT2D eigenvalue weighted by Crippen LogP contribution is 2.28. The third-order valence-electron chi connectivity index (χ3n) is 3.50. The largest absolute Gasteiger partial charge is 0.309 e. The highest BCUT2D eigenvalue weighted by Gasteiger charge is 2.14. The summed E-state index contributed by atoms with van der Waals surface area (Å²) in [7, 11) is 2.00. The van der Waals surface area contributed by atoms with E-state index in [1.165, 1.54) is 25.5 Å². The van der Waals surface area contributed by atoms with Gasteiger partial charge in [-0.05, 0) is 64.4 Å². The number of rotatable bonds is 3. The first-order chi connectivity index (χ1) is 9.79. The van der Waals surface area contributed by atoms with Crippen LogP contribution < -0.4 is 5.32 Å². The smallest absolute Gasteiger partial charge is 0.0580 e. The molecule has 3 heteroatoms. The van der Waals surface area contributed by atoms with E-state index in [1.807, 2.05) is 19.4 Å². The summed E-state index contributed by atoms with van der Waals surface area (Å²) in [5.41, 5.74) is 2.57. The zero-order valence-corrected chi connectivity index (χ0v) is 13.3. The monoisotopic (exact) mass is 374 g/mol. The summed E-state index contributed by atoms with van der Waals surface area (Å²) in [6, 6.07) is 17.3. The number of pyridine rings is 1. The van der Waals surface area contributed by atoms with Gasteiger partial charge in [0.25, 0.3) is 0 Å². The second kappa shape index (κ2) is 5.89. The molecule has 0 aliphatic carbocycles. The van der Waals surface area contributed by atoms with Gasteiger partial charge in [0.05, 0.1) is 6.04 Å². The number of hydrogen-bond donors (Lipinski definition) is 1. The molecule has 3 rings (SSSR count). The van der Waals surface area contributed by atoms with Crippen molar-refractivity contribution in [1.29, 1.82) is 0 Å². The normalized spacial score (nSPS) is 12.5. The second-order valence-electron chi connectivity index (χ2n) is 4.72. The van der Waals surface area contributed by atoms with Crippen LogP contribution in [-0.2, 0) is 0 Å². The van der Waals surface area contributed by atoms with E-state index in [0.717, 1.165) is 0 Å². The van der Waals surface area contributed by atoms with Crippen LogP contribution in [-0.4, -0.2) is 12.0 Å². The van der Waals surface area contributed by atoms with Crippen LogP contribution in [0.1, 0.15) is 17.2 Å². The van der Waals surface area contributed by atoms with Gasteiger partial charge in [0, 0.05) is 21.4 Å². The molecule has 2 aromatic carbocycles. The van der Waals surface area contributed by atoms with E-state index in [9.17, 15) is 0 Å². The molecule has 0 saturated carbocycles. The minimum absolute atomic E-state index is 0.191. The maximum Gasteiger partial charge on any atom is 0.0580 e. The van der Waals surface area contributed by atoms with Gasteiger partial charge in [0.1, 0.15) is 0 Å². The minimum Gasteiger partial charge on any atom is -0.309 e. The van der Waals surface area contributed by atoms with E-state index < -0.39 is 0 Å². The molecule has 0 saturated heterocycles. The van der Waals surface area contributed by atoms with Gasteiger partial charge < -0.3 is 5.32 Å². The number of hydrogen-bond acceptors (Lipinski definition) is 2. The first kappa shape index (κ1) is 13.5. The molecule has 2 nitrogen and oxygen atoms in total. The van der Waals surface area contributed by atoms with Crippen molar-refractivity contribution in [3.8, 4) is 0 Å². The molecule has 0 amide bonds. The number of nitrogens with zero attached hydrogens (tertiary/aromatic N) is 1. The van der Waals surface area contributed by atoms with Crippen molar-refractivity contribution < 1.29 is 0 Å². The molecule has 0 spiro atoms. The molecule has 1 N–H and O–H groups in total. The van der Waals surface area contributed by atoms with Crippen LogP contribution >= 0.6 is 22.6 Å². The predicted octanol–water partition coefficient (Wildman–Crippen LogP) is 4.15. The van der Waals surface area contributed by atoms with Crippen LogP contribution in [0.3, 0.4) is 0 Å². The number of nitrogens with one attached hydrogen (secondary N) is 1. The number of fused-ring (bicyclic) bond motifs is 1. The fourth-order valence-electron chi connectivity index (χ4n) is 2.59. The van der Waals surface area contributed by atoms with Crippen LogP contribution in [0.25, 0.3) is 10.8 Å². The Morgan fingerprint density at radius 3 is 2.75 bits per heavy atom. The van der Waals surface area contributed by atoms with Crippen molar-refractivity contribution >= 4 is 33.4 Å². The maximum atomic E-state index is 4.20. The Morgan fingerprint density at radius 1 is 1.10 bits per heavy atom. The van der Waals surface area contributed by atoms with Crippen molar-refractivity contribution in [3.63, 3.8) is 0 Å². The fourth-order valence-corrected chi connectivity index (χ4v) is 3.15. The molecule has 0 fully saturated rings. The van der Waals surface area contributed by atoms with Crippen LogP contribution in [0, 0.1) is 3.57 Å². The quantitative estimate of drug-likeness (QED) is 0.697. The van der Waals surface area contributed by atoms with Crippen molar-refractivity contribution in [2.45, 2.75) is 6.04 Å². The summed E-state index contributed by atoms with van der Waals surface area (Å²) in [6.07, 6.45) is 3.77. The van der Waals surface area contributed by atoms with Gasteiger partial charge in [0.15, 0.2) is 0 Å². The average Bonchev–Trinajstić information content (AvgIpc) is 2.48. The average molecular weight is 374 g/mol. The van der Waals surface area contributed by atoms with Crippen molar-refractivity contribution in [1.82, 2.24) is 10.3 Å². The van der Waals surface area contributed by atoms with E-state index in [-0.39, 0.29) is 6.04 Å². The van der Waals surface area contributed by atoms with E-state index in [4.69, 9.17) is 0 Å². The number of aromatic nitrogens is 1. The molecular formula is C17H15IN2. The number of halogens is 1. The lowest BCUT2D eigenvalue weighted by Gasteiger charge is -2.19. The van der Waals surface area contributed by atoms with Gasteiger partial charge in [-0.2, -0.15) is 0 Å². The molecule has 3 aromatic rings. The van der Waals surface area contributed by atoms with E-state index in [0.29, 0.717) is 0 Å². The summed E-state index contributed by atoms with van der Waals surface area (Å²) >= 11 is 2.35. The van der Waals surface area contributed by atoms with E-state index >= 15 is 0 Å². The molecule has 0 bridgehead atoms. The third-order valence-corrected chi connectivity index (χ3v) is 4.17. The van der Waals surface area contributed by atoms with Gasteiger partial charge in [-0.25, -0.2) is 0 Å². The highest BCUT2D eigenvalue weighted by atomic mass is 127. The van der Waals surface area contributed by atoms with Gasteiger partial charge >= 0.3 is 0 Å². The zero-order valence-electron chi connectivity index (χ0n) is 11.2. The second-order valence-corrected chi connectivity index (χ2v) is 5.97. The maximum absolute atomic E-state index is 4.20. The van der Waals surface area contributed by atoms with Crippen LogP contribution in [0.2, 0.25) is 0 Å². The summed E-state index contributed by atoms with van der Waals surface area (Å²) < 4.78 is 1.25. The van der Waals surface area contributed by atoms with Crippen LogP contribution in [0.5, 0.6) is 0 Å². The van der Waals surface area contributed by atoms with Gasteiger partial charge in [-0.1, -0.05) is 30.3 Å².